The van der Waals surface area contributed by atoms with E-state index >= 15 is 0 Å². The van der Waals surface area contributed by atoms with Crippen LogP contribution in [0.15, 0.2) is 53.1 Å². The molecular weight excluding hydrogens is 404 g/mol. The molecule has 2 aromatic rings. The lowest BCUT2D eigenvalue weighted by Crippen LogP contribution is -2.47. The molecule has 3 rings (SSSR count). The van der Waals surface area contributed by atoms with E-state index in [-0.39, 0.29) is 36.3 Å². The molecule has 2 atom stereocenters. The second-order valence-electron chi connectivity index (χ2n) is 8.97. The minimum atomic E-state index is -0.251. The van der Waals surface area contributed by atoms with Gasteiger partial charge in [-0.05, 0) is 42.9 Å². The summed E-state index contributed by atoms with van der Waals surface area (Å²) < 4.78 is 11.3. The summed E-state index contributed by atoms with van der Waals surface area (Å²) in [7, 11) is 0. The first kappa shape index (κ1) is 24.1. The van der Waals surface area contributed by atoms with Crippen molar-refractivity contribution in [2.45, 2.75) is 58.6 Å². The maximum atomic E-state index is 13.5. The van der Waals surface area contributed by atoms with Crippen LogP contribution in [0.25, 0.3) is 0 Å². The van der Waals surface area contributed by atoms with Crippen LogP contribution in [-0.2, 0) is 20.9 Å². The lowest BCUT2D eigenvalue weighted by Gasteiger charge is -2.31. The Kier molecular flexibility index (Phi) is 8.91. The molecule has 6 heteroatoms. The quantitative estimate of drug-likeness (QED) is 0.517. The number of amides is 2. The minimum Gasteiger partial charge on any atom is -0.467 e. The Balaban J connectivity index is 1.76. The number of benzene rings is 1. The molecule has 1 aliphatic rings. The summed E-state index contributed by atoms with van der Waals surface area (Å²) in [5, 5.41) is 0. The summed E-state index contributed by atoms with van der Waals surface area (Å²) in [6, 6.07) is 13.5. The molecule has 2 heterocycles. The van der Waals surface area contributed by atoms with Gasteiger partial charge in [-0.15, -0.1) is 0 Å². The van der Waals surface area contributed by atoms with E-state index in [0.29, 0.717) is 26.1 Å². The molecule has 2 amide bonds. The van der Waals surface area contributed by atoms with Gasteiger partial charge >= 0.3 is 0 Å². The molecule has 1 aliphatic heterocycles. The van der Waals surface area contributed by atoms with Crippen LogP contribution < -0.4 is 0 Å². The highest BCUT2D eigenvalue weighted by Crippen LogP contribution is 2.23. The fraction of sp³-hybridized carbons (Fsp3) is 0.538. The lowest BCUT2D eigenvalue weighted by molar-refractivity contribution is -0.143. The summed E-state index contributed by atoms with van der Waals surface area (Å²) in [4.78, 5) is 30.5. The molecule has 0 spiro atoms. The normalized spacial score (nSPS) is 16.8. The van der Waals surface area contributed by atoms with Crippen molar-refractivity contribution in [3.05, 3.63) is 60.1 Å². The number of rotatable bonds is 11. The van der Waals surface area contributed by atoms with Crippen molar-refractivity contribution in [1.29, 1.82) is 0 Å². The van der Waals surface area contributed by atoms with Gasteiger partial charge in [0.05, 0.1) is 31.4 Å². The number of hydrogen-bond acceptors (Lipinski definition) is 4. The van der Waals surface area contributed by atoms with Gasteiger partial charge in [0.25, 0.3) is 0 Å². The standard InChI is InChI=1S/C26H36N2O4/c1-4-24(21-10-6-5-7-11-21)26(30)28(16-20(2)3)19-25(29)27(17-22-12-8-14-31-22)18-23-13-9-15-32-23/h5-8,10-12,14,20,23-24H,4,9,13,15-19H2,1-3H3. The van der Waals surface area contributed by atoms with Crippen molar-refractivity contribution in [2.75, 3.05) is 26.2 Å². The van der Waals surface area contributed by atoms with Crippen LogP contribution in [0.2, 0.25) is 0 Å². The van der Waals surface area contributed by atoms with Crippen LogP contribution in [0.4, 0.5) is 0 Å². The number of hydrogen-bond donors (Lipinski definition) is 0. The zero-order chi connectivity index (χ0) is 22.9. The molecule has 0 N–H and O–H groups in total. The highest BCUT2D eigenvalue weighted by atomic mass is 16.5. The van der Waals surface area contributed by atoms with Gasteiger partial charge in [-0.25, -0.2) is 0 Å². The smallest absolute Gasteiger partial charge is 0.242 e. The van der Waals surface area contributed by atoms with Crippen LogP contribution in [0, 0.1) is 5.92 Å². The highest BCUT2D eigenvalue weighted by Gasteiger charge is 2.29. The summed E-state index contributed by atoms with van der Waals surface area (Å²) in [5.41, 5.74) is 0.994. The summed E-state index contributed by atoms with van der Waals surface area (Å²) in [5.74, 6) is 0.676. The molecule has 6 nitrogen and oxygen atoms in total. The van der Waals surface area contributed by atoms with E-state index in [9.17, 15) is 9.59 Å². The number of furan rings is 1. The summed E-state index contributed by atoms with van der Waals surface area (Å²) >= 11 is 0. The first-order valence-electron chi connectivity index (χ1n) is 11.7. The number of carbonyl (C=O) groups is 2. The Labute approximate surface area is 191 Å². The van der Waals surface area contributed by atoms with Crippen LogP contribution in [0.3, 0.4) is 0 Å². The lowest BCUT2D eigenvalue weighted by atomic mass is 9.94. The van der Waals surface area contributed by atoms with Gasteiger partial charge in [-0.3, -0.25) is 9.59 Å². The Morgan fingerprint density at radius 2 is 1.88 bits per heavy atom. The zero-order valence-corrected chi connectivity index (χ0v) is 19.5. The van der Waals surface area contributed by atoms with E-state index in [0.717, 1.165) is 30.8 Å². The average Bonchev–Trinajstić information content (AvgIpc) is 3.48. The first-order chi connectivity index (χ1) is 15.5. The van der Waals surface area contributed by atoms with Gasteiger partial charge in [0, 0.05) is 19.7 Å². The molecule has 0 saturated carbocycles. The van der Waals surface area contributed by atoms with Crippen molar-refractivity contribution >= 4 is 11.8 Å². The Bertz CT molecular complexity index is 829. The van der Waals surface area contributed by atoms with E-state index in [4.69, 9.17) is 9.15 Å². The van der Waals surface area contributed by atoms with E-state index in [2.05, 4.69) is 13.8 Å². The van der Waals surface area contributed by atoms with E-state index in [1.165, 1.54) is 0 Å². The molecule has 1 aromatic heterocycles. The highest BCUT2D eigenvalue weighted by molar-refractivity contribution is 5.88. The third-order valence-electron chi connectivity index (χ3n) is 5.86. The molecule has 174 valence electrons. The fourth-order valence-corrected chi connectivity index (χ4v) is 4.27. The van der Waals surface area contributed by atoms with Crippen LogP contribution >= 0.6 is 0 Å². The van der Waals surface area contributed by atoms with E-state index < -0.39 is 0 Å². The monoisotopic (exact) mass is 440 g/mol. The van der Waals surface area contributed by atoms with Gasteiger partial charge in [-0.1, -0.05) is 51.1 Å². The van der Waals surface area contributed by atoms with Gasteiger partial charge in [0.15, 0.2) is 0 Å². The van der Waals surface area contributed by atoms with Crippen molar-refractivity contribution in [3.63, 3.8) is 0 Å². The third kappa shape index (κ3) is 6.70. The Morgan fingerprint density at radius 3 is 2.47 bits per heavy atom. The van der Waals surface area contributed by atoms with Crippen LogP contribution in [0.1, 0.15) is 57.3 Å². The van der Waals surface area contributed by atoms with Crippen LogP contribution in [-0.4, -0.2) is 54.0 Å². The molecule has 0 aliphatic carbocycles. The maximum absolute atomic E-state index is 13.5. The topological polar surface area (TPSA) is 63.0 Å². The van der Waals surface area contributed by atoms with Gasteiger partial charge in [0.2, 0.25) is 11.8 Å². The van der Waals surface area contributed by atoms with Gasteiger partial charge < -0.3 is 19.0 Å². The zero-order valence-electron chi connectivity index (χ0n) is 19.5. The van der Waals surface area contributed by atoms with E-state index in [1.807, 2.05) is 49.4 Å². The van der Waals surface area contributed by atoms with E-state index in [1.54, 1.807) is 16.1 Å². The fourth-order valence-electron chi connectivity index (χ4n) is 4.27. The van der Waals surface area contributed by atoms with Crippen molar-refractivity contribution in [3.8, 4) is 0 Å². The van der Waals surface area contributed by atoms with Gasteiger partial charge in [0.1, 0.15) is 5.76 Å². The summed E-state index contributed by atoms with van der Waals surface area (Å²) in [6.07, 6.45) is 4.31. The van der Waals surface area contributed by atoms with Crippen molar-refractivity contribution < 1.29 is 18.7 Å². The molecule has 0 bridgehead atoms. The largest absolute Gasteiger partial charge is 0.467 e. The third-order valence-corrected chi connectivity index (χ3v) is 5.86. The molecule has 1 aromatic carbocycles. The molecule has 32 heavy (non-hydrogen) atoms. The predicted molar refractivity (Wildman–Crippen MR) is 124 cm³/mol. The Hall–Kier alpha value is -2.60. The maximum Gasteiger partial charge on any atom is 0.242 e. The number of ether oxygens (including phenoxy) is 1. The molecule has 2 unspecified atom stereocenters. The molecule has 0 radical (unpaired) electrons. The average molecular weight is 441 g/mol. The van der Waals surface area contributed by atoms with Crippen molar-refractivity contribution in [2.24, 2.45) is 5.92 Å². The second-order valence-corrected chi connectivity index (χ2v) is 8.97. The molecule has 1 fully saturated rings. The second kappa shape index (κ2) is 11.9. The number of carbonyl (C=O) groups excluding carboxylic acids is 2. The minimum absolute atomic E-state index is 0.0100. The first-order valence-corrected chi connectivity index (χ1v) is 11.7. The predicted octanol–water partition coefficient (Wildman–Crippen LogP) is 4.47. The molecule has 1 saturated heterocycles. The summed E-state index contributed by atoms with van der Waals surface area (Å²) in [6.45, 7) is 8.40. The SMILES string of the molecule is CCC(C(=O)N(CC(=O)N(Cc1ccco1)CC1CCCO1)CC(C)C)c1ccccc1. The number of nitrogens with zero attached hydrogens (tertiary/aromatic N) is 2. The molecular formula is C26H36N2O4. The van der Waals surface area contributed by atoms with Gasteiger partial charge in [-0.2, -0.15) is 0 Å². The Morgan fingerprint density at radius 1 is 1.09 bits per heavy atom. The van der Waals surface area contributed by atoms with Crippen molar-refractivity contribution in [1.82, 2.24) is 9.80 Å². The van der Waals surface area contributed by atoms with Crippen LogP contribution in [0.5, 0.6) is 0 Å².